The average Bonchev–Trinajstić information content (AvgIpc) is 2.84. The van der Waals surface area contributed by atoms with Crippen LogP contribution in [-0.2, 0) is 20.2 Å². The molecule has 184 valence electrons. The van der Waals surface area contributed by atoms with Gasteiger partial charge in [-0.2, -0.15) is 0 Å². The minimum absolute atomic E-state index is 0.0399. The Morgan fingerprint density at radius 2 is 1.91 bits per heavy atom. The maximum absolute atomic E-state index is 13.6. The van der Waals surface area contributed by atoms with Gasteiger partial charge in [0.15, 0.2) is 0 Å². The fourth-order valence-corrected chi connectivity index (χ4v) is 4.85. The molecule has 0 bridgehead atoms. The van der Waals surface area contributed by atoms with E-state index in [2.05, 4.69) is 30.2 Å². The molecule has 1 fully saturated rings. The second-order valence-electron chi connectivity index (χ2n) is 8.11. The third-order valence-electron chi connectivity index (χ3n) is 5.85. The molecule has 0 saturated carbocycles. The lowest BCUT2D eigenvalue weighted by Gasteiger charge is -2.39. The number of aromatic nitrogens is 5. The number of pyridine rings is 1. The fourth-order valence-electron chi connectivity index (χ4n) is 4.00. The Labute approximate surface area is 203 Å². The fraction of sp³-hybridized carbons (Fsp3) is 0.364. The molecule has 0 unspecified atom stereocenters. The number of carbonyl (C=O) groups is 1. The van der Waals surface area contributed by atoms with E-state index in [0.29, 0.717) is 35.3 Å². The van der Waals surface area contributed by atoms with Crippen LogP contribution in [-0.4, -0.2) is 69.5 Å². The van der Waals surface area contributed by atoms with Crippen molar-refractivity contribution in [2.24, 2.45) is 0 Å². The van der Waals surface area contributed by atoms with E-state index in [-0.39, 0.29) is 37.8 Å². The maximum Gasteiger partial charge on any atom is 0.237 e. The largest absolute Gasteiger partial charge is 0.477 e. The van der Waals surface area contributed by atoms with Crippen molar-refractivity contribution >= 4 is 27.7 Å². The van der Waals surface area contributed by atoms with Crippen LogP contribution >= 0.6 is 0 Å². The van der Waals surface area contributed by atoms with Gasteiger partial charge in [-0.1, -0.05) is 0 Å². The quantitative estimate of drug-likeness (QED) is 0.484. The summed E-state index contributed by atoms with van der Waals surface area (Å²) in [6, 6.07) is 5.06. The zero-order valence-corrected chi connectivity index (χ0v) is 20.2. The van der Waals surface area contributed by atoms with E-state index in [0.717, 1.165) is 6.26 Å². The van der Waals surface area contributed by atoms with Crippen LogP contribution in [0.25, 0.3) is 11.3 Å². The van der Waals surface area contributed by atoms with Gasteiger partial charge in [-0.25, -0.2) is 32.7 Å². The molecule has 0 radical (unpaired) electrons. The van der Waals surface area contributed by atoms with Gasteiger partial charge in [0.1, 0.15) is 5.82 Å². The van der Waals surface area contributed by atoms with Gasteiger partial charge < -0.3 is 15.8 Å². The molecular formula is C22H26N8O4S. The van der Waals surface area contributed by atoms with Crippen LogP contribution in [0.1, 0.15) is 25.5 Å². The normalized spacial score (nSPS) is 15.9. The minimum Gasteiger partial charge on any atom is -0.477 e. The Morgan fingerprint density at radius 1 is 1.14 bits per heavy atom. The van der Waals surface area contributed by atoms with Crippen molar-refractivity contribution in [1.29, 1.82) is 0 Å². The van der Waals surface area contributed by atoms with Crippen molar-refractivity contribution in [3.05, 3.63) is 48.7 Å². The molecule has 4 rings (SSSR count). The number of amides is 1. The summed E-state index contributed by atoms with van der Waals surface area (Å²) < 4.78 is 30.8. The predicted octanol–water partition coefficient (Wildman–Crippen LogP) is 1.24. The number of piperidine rings is 1. The first-order valence-corrected chi connectivity index (χ1v) is 12.8. The molecule has 1 aliphatic rings. The van der Waals surface area contributed by atoms with Crippen LogP contribution in [0.3, 0.4) is 0 Å². The van der Waals surface area contributed by atoms with Gasteiger partial charge in [-0.3, -0.25) is 9.78 Å². The molecule has 0 atom stereocenters. The van der Waals surface area contributed by atoms with E-state index in [1.54, 1.807) is 30.6 Å². The van der Waals surface area contributed by atoms with Crippen LogP contribution in [0.15, 0.2) is 43.0 Å². The lowest BCUT2D eigenvalue weighted by Crippen LogP contribution is -2.51. The number of hydrogen-bond donors (Lipinski definition) is 2. The Bertz CT molecular complexity index is 1310. The van der Waals surface area contributed by atoms with Gasteiger partial charge in [0.05, 0.1) is 42.1 Å². The summed E-state index contributed by atoms with van der Waals surface area (Å²) >= 11 is 0. The average molecular weight is 499 g/mol. The molecule has 1 saturated heterocycles. The molecule has 0 aromatic carbocycles. The summed E-state index contributed by atoms with van der Waals surface area (Å²) in [6.07, 6.45) is 7.82. The topological polar surface area (TPSA) is 166 Å². The molecule has 1 aliphatic heterocycles. The van der Waals surface area contributed by atoms with E-state index in [1.807, 2.05) is 6.92 Å². The highest BCUT2D eigenvalue weighted by Gasteiger charge is 2.46. The second kappa shape index (κ2) is 9.88. The van der Waals surface area contributed by atoms with Gasteiger partial charge in [0, 0.05) is 31.0 Å². The Hall–Kier alpha value is -3.71. The third-order valence-corrected chi connectivity index (χ3v) is 7.15. The number of rotatable bonds is 7. The first-order valence-electron chi connectivity index (χ1n) is 11.0. The van der Waals surface area contributed by atoms with Crippen LogP contribution in [0.4, 0.5) is 11.8 Å². The summed E-state index contributed by atoms with van der Waals surface area (Å²) in [5.41, 5.74) is 6.43. The molecule has 4 heterocycles. The van der Waals surface area contributed by atoms with E-state index >= 15 is 0 Å². The molecular weight excluding hydrogens is 472 g/mol. The summed E-state index contributed by atoms with van der Waals surface area (Å²) in [7, 11) is -3.38. The third kappa shape index (κ3) is 5.35. The highest BCUT2D eigenvalue weighted by Crippen LogP contribution is 2.36. The molecule has 0 spiro atoms. The van der Waals surface area contributed by atoms with E-state index < -0.39 is 15.4 Å². The summed E-state index contributed by atoms with van der Waals surface area (Å²) in [6.45, 7) is 2.69. The predicted molar refractivity (Wildman–Crippen MR) is 129 cm³/mol. The van der Waals surface area contributed by atoms with E-state index in [9.17, 15) is 13.2 Å². The van der Waals surface area contributed by atoms with Crippen molar-refractivity contribution in [2.45, 2.75) is 25.2 Å². The standard InChI is InChI=1S/C22H26N8O4S/c1-3-34-19-14-24-13-16(27-19)15-4-5-18(26-12-15)29-20(31)22(17-6-9-25-21(23)28-17)7-10-30(11-8-22)35(2,32)33/h4-6,9,12-14H,3,7-8,10-11H2,1-2H3,(H2,23,25,28)(H,26,29,31). The number of carbonyl (C=O) groups excluding carboxylic acids is 1. The van der Waals surface area contributed by atoms with Crippen molar-refractivity contribution < 1.29 is 17.9 Å². The molecule has 1 amide bonds. The molecule has 0 aliphatic carbocycles. The molecule has 3 N–H and O–H groups in total. The number of nitrogens with one attached hydrogen (secondary N) is 1. The maximum atomic E-state index is 13.6. The molecule has 13 heteroatoms. The number of nitrogens with zero attached hydrogens (tertiary/aromatic N) is 6. The number of hydrogen-bond acceptors (Lipinski definition) is 10. The molecule has 12 nitrogen and oxygen atoms in total. The Kier molecular flexibility index (Phi) is 6.89. The number of nitrogen functional groups attached to an aromatic ring is 1. The molecule has 35 heavy (non-hydrogen) atoms. The number of anilines is 2. The SMILES string of the molecule is CCOc1cncc(-c2ccc(NC(=O)C3(c4ccnc(N)n4)CCN(S(C)(=O)=O)CC3)nc2)n1. The van der Waals surface area contributed by atoms with Gasteiger partial charge in [0.2, 0.25) is 27.8 Å². The number of sulfonamides is 1. The summed E-state index contributed by atoms with van der Waals surface area (Å²) in [5.74, 6) is 0.439. The highest BCUT2D eigenvalue weighted by molar-refractivity contribution is 7.88. The first kappa shape index (κ1) is 24.4. The monoisotopic (exact) mass is 498 g/mol. The van der Waals surface area contributed by atoms with Gasteiger partial charge in [-0.15, -0.1) is 0 Å². The Balaban J connectivity index is 1.57. The van der Waals surface area contributed by atoms with Crippen LogP contribution in [0.2, 0.25) is 0 Å². The van der Waals surface area contributed by atoms with Gasteiger partial charge in [-0.05, 0) is 38.0 Å². The summed E-state index contributed by atoms with van der Waals surface area (Å²) in [4.78, 5) is 34.7. The summed E-state index contributed by atoms with van der Waals surface area (Å²) in [5, 5.41) is 2.85. The minimum atomic E-state index is -3.38. The van der Waals surface area contributed by atoms with Crippen LogP contribution in [0, 0.1) is 0 Å². The van der Waals surface area contributed by atoms with Crippen molar-refractivity contribution in [3.8, 4) is 17.1 Å². The second-order valence-corrected chi connectivity index (χ2v) is 10.1. The van der Waals surface area contributed by atoms with E-state index in [1.165, 1.54) is 16.7 Å². The van der Waals surface area contributed by atoms with Gasteiger partial charge >= 0.3 is 0 Å². The highest BCUT2D eigenvalue weighted by atomic mass is 32.2. The van der Waals surface area contributed by atoms with Gasteiger partial charge in [0.25, 0.3) is 0 Å². The van der Waals surface area contributed by atoms with Crippen molar-refractivity contribution in [3.63, 3.8) is 0 Å². The smallest absolute Gasteiger partial charge is 0.237 e. The van der Waals surface area contributed by atoms with Crippen LogP contribution < -0.4 is 15.8 Å². The van der Waals surface area contributed by atoms with Crippen LogP contribution in [0.5, 0.6) is 5.88 Å². The zero-order valence-electron chi connectivity index (χ0n) is 19.4. The molecule has 3 aromatic heterocycles. The zero-order chi connectivity index (χ0) is 25.1. The molecule has 3 aromatic rings. The van der Waals surface area contributed by atoms with E-state index in [4.69, 9.17) is 10.5 Å². The number of nitrogens with two attached hydrogens (primary N) is 1. The number of ether oxygens (including phenoxy) is 1. The van der Waals surface area contributed by atoms with Crippen molar-refractivity contribution in [2.75, 3.05) is 37.0 Å². The Morgan fingerprint density at radius 3 is 2.54 bits per heavy atom. The lowest BCUT2D eigenvalue weighted by molar-refractivity contribution is -0.123. The van der Waals surface area contributed by atoms with Crippen molar-refractivity contribution in [1.82, 2.24) is 29.2 Å². The first-order chi connectivity index (χ1) is 16.7. The lowest BCUT2D eigenvalue weighted by atomic mass is 9.75.